The fourth-order valence-corrected chi connectivity index (χ4v) is 2.36. The summed E-state index contributed by atoms with van der Waals surface area (Å²) in [4.78, 5) is 14.4. The van der Waals surface area contributed by atoms with E-state index in [1.165, 1.54) is 4.57 Å². The number of imidazole rings is 1. The number of fused-ring (bicyclic) bond motifs is 1. The molecule has 0 saturated heterocycles. The normalized spacial score (nSPS) is 11.5. The minimum atomic E-state index is -2.68. The largest absolute Gasteiger partial charge is 0.332 e. The van der Waals surface area contributed by atoms with Gasteiger partial charge in [0.25, 0.3) is 6.43 Å². The zero-order valence-corrected chi connectivity index (χ0v) is 9.62. The van der Waals surface area contributed by atoms with Crippen molar-refractivity contribution in [2.75, 3.05) is 0 Å². The lowest BCUT2D eigenvalue weighted by Gasteiger charge is -1.95. The topological polar surface area (TPSA) is 63.6 Å². The molecule has 0 radical (unpaired) electrons. The first-order chi connectivity index (χ1) is 8.66. The number of nitrogens with zero attached hydrogens (tertiary/aromatic N) is 3. The lowest BCUT2D eigenvalue weighted by molar-refractivity contribution is 0.150. The SMILES string of the molecule is O=c1[nH]c2ccccc2n1-c1nnc(C(F)F)s1. The molecule has 1 N–H and O–H groups in total. The molecule has 5 nitrogen and oxygen atoms in total. The number of nitrogens with one attached hydrogen (secondary N) is 1. The molecule has 3 aromatic rings. The number of hydrogen-bond donors (Lipinski definition) is 1. The first-order valence-electron chi connectivity index (χ1n) is 4.98. The molecule has 0 fully saturated rings. The van der Waals surface area contributed by atoms with Crippen molar-refractivity contribution < 1.29 is 8.78 Å². The summed E-state index contributed by atoms with van der Waals surface area (Å²) in [5.41, 5.74) is 0.781. The van der Waals surface area contributed by atoms with Crippen molar-refractivity contribution >= 4 is 22.4 Å². The highest BCUT2D eigenvalue weighted by atomic mass is 32.1. The minimum absolute atomic E-state index is 0.132. The number of benzene rings is 1. The van der Waals surface area contributed by atoms with Crippen LogP contribution in [0.15, 0.2) is 29.1 Å². The first kappa shape index (κ1) is 11.0. The number of aromatic amines is 1. The molecule has 0 aliphatic rings. The molecule has 0 spiro atoms. The van der Waals surface area contributed by atoms with E-state index in [1.807, 2.05) is 0 Å². The van der Waals surface area contributed by atoms with Gasteiger partial charge < -0.3 is 4.98 Å². The van der Waals surface area contributed by atoms with Gasteiger partial charge in [-0.25, -0.2) is 18.1 Å². The van der Waals surface area contributed by atoms with Crippen LogP contribution in [0.3, 0.4) is 0 Å². The quantitative estimate of drug-likeness (QED) is 0.774. The maximum absolute atomic E-state index is 12.4. The third-order valence-electron chi connectivity index (χ3n) is 2.40. The molecule has 3 rings (SSSR count). The van der Waals surface area contributed by atoms with Gasteiger partial charge in [-0.2, -0.15) is 0 Å². The van der Waals surface area contributed by atoms with E-state index in [1.54, 1.807) is 24.3 Å². The van der Waals surface area contributed by atoms with Crippen molar-refractivity contribution in [3.8, 4) is 5.13 Å². The number of rotatable bonds is 2. The third kappa shape index (κ3) is 1.61. The summed E-state index contributed by atoms with van der Waals surface area (Å²) in [6.45, 7) is 0. The van der Waals surface area contributed by atoms with Crippen LogP contribution in [0.4, 0.5) is 8.78 Å². The molecule has 2 heterocycles. The summed E-state index contributed by atoms with van der Waals surface area (Å²) in [7, 11) is 0. The second-order valence-electron chi connectivity index (χ2n) is 3.51. The van der Waals surface area contributed by atoms with Crippen molar-refractivity contribution in [3.05, 3.63) is 39.8 Å². The van der Waals surface area contributed by atoms with Crippen LogP contribution >= 0.6 is 11.3 Å². The van der Waals surface area contributed by atoms with Crippen LogP contribution in [0.5, 0.6) is 0 Å². The minimum Gasteiger partial charge on any atom is -0.305 e. The van der Waals surface area contributed by atoms with E-state index >= 15 is 0 Å². The Hall–Kier alpha value is -2.09. The second-order valence-corrected chi connectivity index (χ2v) is 4.49. The number of para-hydroxylation sites is 2. The van der Waals surface area contributed by atoms with Crippen molar-refractivity contribution in [2.24, 2.45) is 0 Å². The number of H-pyrrole nitrogens is 1. The Morgan fingerprint density at radius 1 is 1.28 bits per heavy atom. The summed E-state index contributed by atoms with van der Waals surface area (Å²) in [6.07, 6.45) is -2.68. The van der Waals surface area contributed by atoms with Crippen molar-refractivity contribution in [2.45, 2.75) is 6.43 Å². The molecule has 0 amide bonds. The van der Waals surface area contributed by atoms with Crippen LogP contribution in [0.2, 0.25) is 0 Å². The fourth-order valence-electron chi connectivity index (χ4n) is 1.65. The van der Waals surface area contributed by atoms with Crippen LogP contribution in [-0.4, -0.2) is 19.7 Å². The van der Waals surface area contributed by atoms with E-state index in [9.17, 15) is 13.6 Å². The Kier molecular flexibility index (Phi) is 2.44. The molecule has 0 aliphatic heterocycles. The molecule has 0 saturated carbocycles. The Morgan fingerprint density at radius 3 is 2.78 bits per heavy atom. The highest BCUT2D eigenvalue weighted by Gasteiger charge is 2.17. The van der Waals surface area contributed by atoms with E-state index in [4.69, 9.17) is 0 Å². The molecule has 8 heteroatoms. The number of alkyl halides is 2. The van der Waals surface area contributed by atoms with Gasteiger partial charge in [-0.15, -0.1) is 10.2 Å². The maximum Gasteiger partial charge on any atom is 0.332 e. The predicted octanol–water partition coefficient (Wildman–Crippen LogP) is 2.11. The second kappa shape index (κ2) is 3.98. The molecule has 0 aliphatic carbocycles. The zero-order chi connectivity index (χ0) is 12.7. The van der Waals surface area contributed by atoms with Gasteiger partial charge in [0.2, 0.25) is 5.13 Å². The molecule has 0 unspecified atom stereocenters. The molecule has 92 valence electrons. The first-order valence-corrected chi connectivity index (χ1v) is 5.80. The summed E-state index contributed by atoms with van der Waals surface area (Å²) < 4.78 is 26.1. The Bertz CT molecular complexity index is 760. The van der Waals surface area contributed by atoms with Gasteiger partial charge in [0.1, 0.15) is 0 Å². The maximum atomic E-state index is 12.4. The Morgan fingerprint density at radius 2 is 2.06 bits per heavy atom. The van der Waals surface area contributed by atoms with E-state index < -0.39 is 17.1 Å². The molecule has 18 heavy (non-hydrogen) atoms. The van der Waals surface area contributed by atoms with Gasteiger partial charge in [0.05, 0.1) is 11.0 Å². The van der Waals surface area contributed by atoms with Gasteiger partial charge >= 0.3 is 5.69 Å². The standard InChI is InChI=1S/C10H6F2N4OS/c11-7(12)8-14-15-10(18-8)16-6-4-2-1-3-5(6)13-9(16)17/h1-4,7H,(H,13,17). The molecule has 1 aromatic carbocycles. The fraction of sp³-hybridized carbons (Fsp3) is 0.100. The van der Waals surface area contributed by atoms with Crippen molar-refractivity contribution in [3.63, 3.8) is 0 Å². The van der Waals surface area contributed by atoms with Gasteiger partial charge in [0, 0.05) is 0 Å². The average Bonchev–Trinajstić information content (AvgIpc) is 2.91. The number of aromatic nitrogens is 4. The van der Waals surface area contributed by atoms with Crippen LogP contribution in [0, 0.1) is 0 Å². The Labute approximate surface area is 103 Å². The highest BCUT2D eigenvalue weighted by Crippen LogP contribution is 2.25. The summed E-state index contributed by atoms with van der Waals surface area (Å²) in [5, 5.41) is 6.72. The van der Waals surface area contributed by atoms with Gasteiger partial charge in [-0.1, -0.05) is 23.5 Å². The van der Waals surface area contributed by atoms with Crippen LogP contribution < -0.4 is 5.69 Å². The van der Waals surface area contributed by atoms with E-state index in [0.717, 1.165) is 0 Å². The van der Waals surface area contributed by atoms with Crippen LogP contribution in [-0.2, 0) is 0 Å². The molecular weight excluding hydrogens is 262 g/mol. The average molecular weight is 268 g/mol. The predicted molar refractivity (Wildman–Crippen MR) is 62.3 cm³/mol. The van der Waals surface area contributed by atoms with Crippen molar-refractivity contribution in [1.82, 2.24) is 19.7 Å². The zero-order valence-electron chi connectivity index (χ0n) is 8.80. The summed E-state index contributed by atoms with van der Waals surface area (Å²) in [6, 6.07) is 6.95. The van der Waals surface area contributed by atoms with Gasteiger partial charge in [-0.3, -0.25) is 0 Å². The van der Waals surface area contributed by atoms with E-state index in [0.29, 0.717) is 22.4 Å². The summed E-state index contributed by atoms with van der Waals surface area (Å²) >= 11 is 0.698. The lowest BCUT2D eigenvalue weighted by Crippen LogP contribution is -2.14. The van der Waals surface area contributed by atoms with Crippen LogP contribution in [0.25, 0.3) is 16.2 Å². The lowest BCUT2D eigenvalue weighted by atomic mass is 10.3. The van der Waals surface area contributed by atoms with Crippen LogP contribution in [0.1, 0.15) is 11.4 Å². The Balaban J connectivity index is 2.24. The number of halogens is 2. The number of hydrogen-bond acceptors (Lipinski definition) is 4. The van der Waals surface area contributed by atoms with Gasteiger partial charge in [0.15, 0.2) is 5.01 Å². The summed E-state index contributed by atoms with van der Waals surface area (Å²) in [5.74, 6) is 0. The molecule has 0 atom stereocenters. The smallest absolute Gasteiger partial charge is 0.305 e. The third-order valence-corrected chi connectivity index (χ3v) is 3.31. The molecule has 0 bridgehead atoms. The van der Waals surface area contributed by atoms with E-state index in [2.05, 4.69) is 15.2 Å². The highest BCUT2D eigenvalue weighted by molar-refractivity contribution is 7.13. The van der Waals surface area contributed by atoms with E-state index in [-0.39, 0.29) is 5.13 Å². The van der Waals surface area contributed by atoms with Gasteiger partial charge in [-0.05, 0) is 12.1 Å². The van der Waals surface area contributed by atoms with Crippen molar-refractivity contribution in [1.29, 1.82) is 0 Å². The molecule has 2 aromatic heterocycles. The monoisotopic (exact) mass is 268 g/mol. The molecular formula is C10H6F2N4OS.